The van der Waals surface area contributed by atoms with E-state index in [4.69, 9.17) is 5.11 Å². The largest absolute Gasteiger partial charge is 0.481 e. The van der Waals surface area contributed by atoms with Crippen molar-refractivity contribution in [1.82, 2.24) is 4.90 Å². The summed E-state index contributed by atoms with van der Waals surface area (Å²) in [4.78, 5) is 14.8. The van der Waals surface area contributed by atoms with Crippen LogP contribution >= 0.6 is 0 Å². The molecule has 2 rings (SSSR count). The molecule has 0 amide bonds. The standard InChI is InChI=1S/C14H19FN2O2/c1-16(7-6-14(18)19)13-5-8-17(10-13)12-4-2-3-11(15)9-12/h2-4,9,13H,5-8,10H2,1H3,(H,18,19). The molecular weight excluding hydrogens is 247 g/mol. The number of hydrogen-bond acceptors (Lipinski definition) is 3. The van der Waals surface area contributed by atoms with Gasteiger partial charge in [-0.2, -0.15) is 0 Å². The number of aliphatic carboxylic acids is 1. The van der Waals surface area contributed by atoms with Crippen LogP contribution in [0.4, 0.5) is 10.1 Å². The molecule has 1 N–H and O–H groups in total. The highest BCUT2D eigenvalue weighted by atomic mass is 19.1. The topological polar surface area (TPSA) is 43.8 Å². The molecule has 1 saturated heterocycles. The Kier molecular flexibility index (Phi) is 4.37. The average Bonchev–Trinajstić information content (AvgIpc) is 2.85. The quantitative estimate of drug-likeness (QED) is 0.882. The van der Waals surface area contributed by atoms with E-state index in [0.717, 1.165) is 25.2 Å². The molecule has 0 spiro atoms. The summed E-state index contributed by atoms with van der Waals surface area (Å²) < 4.78 is 13.2. The molecule has 0 aromatic heterocycles. The van der Waals surface area contributed by atoms with Gasteiger partial charge in [-0.1, -0.05) is 6.07 Å². The molecule has 0 bridgehead atoms. The molecule has 4 nitrogen and oxygen atoms in total. The molecule has 5 heteroatoms. The minimum Gasteiger partial charge on any atom is -0.481 e. The fourth-order valence-electron chi connectivity index (χ4n) is 2.46. The highest BCUT2D eigenvalue weighted by Gasteiger charge is 2.26. The first-order valence-electron chi connectivity index (χ1n) is 6.49. The van der Waals surface area contributed by atoms with E-state index in [9.17, 15) is 9.18 Å². The summed E-state index contributed by atoms with van der Waals surface area (Å²) in [6.45, 7) is 2.25. The van der Waals surface area contributed by atoms with Gasteiger partial charge in [0, 0.05) is 31.4 Å². The Morgan fingerprint density at radius 3 is 3.05 bits per heavy atom. The third-order valence-corrected chi connectivity index (χ3v) is 3.64. The number of benzene rings is 1. The van der Waals surface area contributed by atoms with Crippen molar-refractivity contribution in [3.05, 3.63) is 30.1 Å². The average molecular weight is 266 g/mol. The van der Waals surface area contributed by atoms with E-state index in [1.807, 2.05) is 13.1 Å². The lowest BCUT2D eigenvalue weighted by Crippen LogP contribution is -2.35. The third-order valence-electron chi connectivity index (χ3n) is 3.64. The van der Waals surface area contributed by atoms with Crippen molar-refractivity contribution in [3.8, 4) is 0 Å². The van der Waals surface area contributed by atoms with Gasteiger partial charge in [0.2, 0.25) is 0 Å². The second kappa shape index (κ2) is 6.02. The molecule has 0 aliphatic carbocycles. The fourth-order valence-corrected chi connectivity index (χ4v) is 2.46. The number of carboxylic acid groups (broad SMARTS) is 1. The van der Waals surface area contributed by atoms with Crippen molar-refractivity contribution >= 4 is 11.7 Å². The number of hydrogen-bond donors (Lipinski definition) is 1. The molecule has 0 radical (unpaired) electrons. The molecule has 19 heavy (non-hydrogen) atoms. The maximum absolute atomic E-state index is 13.2. The van der Waals surface area contributed by atoms with Crippen LogP contribution in [0.5, 0.6) is 0 Å². The first kappa shape index (κ1) is 13.8. The van der Waals surface area contributed by atoms with Crippen molar-refractivity contribution in [2.75, 3.05) is 31.6 Å². The minimum absolute atomic E-state index is 0.160. The van der Waals surface area contributed by atoms with Crippen molar-refractivity contribution in [1.29, 1.82) is 0 Å². The Morgan fingerprint density at radius 2 is 2.37 bits per heavy atom. The second-order valence-electron chi connectivity index (χ2n) is 4.99. The molecule has 1 aliphatic rings. The van der Waals surface area contributed by atoms with Crippen LogP contribution in [0.1, 0.15) is 12.8 Å². The lowest BCUT2D eigenvalue weighted by atomic mass is 10.2. The molecule has 1 heterocycles. The number of carboxylic acids is 1. The Morgan fingerprint density at radius 1 is 1.58 bits per heavy atom. The van der Waals surface area contributed by atoms with E-state index in [1.165, 1.54) is 6.07 Å². The number of carbonyl (C=O) groups is 1. The summed E-state index contributed by atoms with van der Waals surface area (Å²) in [7, 11) is 1.95. The highest BCUT2D eigenvalue weighted by Crippen LogP contribution is 2.23. The monoisotopic (exact) mass is 266 g/mol. The molecule has 104 valence electrons. The van der Waals surface area contributed by atoms with E-state index in [0.29, 0.717) is 12.6 Å². The van der Waals surface area contributed by atoms with E-state index in [2.05, 4.69) is 9.80 Å². The molecule has 1 unspecified atom stereocenters. The van der Waals surface area contributed by atoms with Gasteiger partial charge in [-0.3, -0.25) is 4.79 Å². The zero-order valence-electron chi connectivity index (χ0n) is 11.1. The summed E-state index contributed by atoms with van der Waals surface area (Å²) in [6, 6.07) is 6.94. The van der Waals surface area contributed by atoms with Gasteiger partial charge in [0.05, 0.1) is 6.42 Å². The predicted octanol–water partition coefficient (Wildman–Crippen LogP) is 1.81. The van der Waals surface area contributed by atoms with Crippen LogP contribution in [-0.4, -0.2) is 48.7 Å². The van der Waals surface area contributed by atoms with E-state index < -0.39 is 5.97 Å². The van der Waals surface area contributed by atoms with Crippen molar-refractivity contribution in [2.45, 2.75) is 18.9 Å². The molecule has 1 fully saturated rings. The summed E-state index contributed by atoms with van der Waals surface area (Å²) in [5.41, 5.74) is 0.897. The first-order chi connectivity index (χ1) is 9.06. The van der Waals surface area contributed by atoms with Gasteiger partial charge >= 0.3 is 5.97 Å². The van der Waals surface area contributed by atoms with Crippen LogP contribution in [0.3, 0.4) is 0 Å². The first-order valence-corrected chi connectivity index (χ1v) is 6.49. The molecule has 1 aromatic rings. The smallest absolute Gasteiger partial charge is 0.304 e. The lowest BCUT2D eigenvalue weighted by molar-refractivity contribution is -0.137. The van der Waals surface area contributed by atoms with Crippen LogP contribution in [0.25, 0.3) is 0 Å². The molecular formula is C14H19FN2O2. The zero-order chi connectivity index (χ0) is 13.8. The summed E-state index contributed by atoms with van der Waals surface area (Å²) in [5, 5.41) is 8.69. The zero-order valence-corrected chi connectivity index (χ0v) is 11.1. The normalized spacial score (nSPS) is 19.1. The van der Waals surface area contributed by atoms with Crippen LogP contribution in [0.2, 0.25) is 0 Å². The summed E-state index contributed by atoms with van der Waals surface area (Å²) in [5.74, 6) is -0.994. The maximum atomic E-state index is 13.2. The van der Waals surface area contributed by atoms with Gasteiger partial charge in [0.1, 0.15) is 5.82 Å². The summed E-state index contributed by atoms with van der Waals surface area (Å²) >= 11 is 0. The van der Waals surface area contributed by atoms with Crippen LogP contribution in [0, 0.1) is 5.82 Å². The molecule has 1 aliphatic heterocycles. The predicted molar refractivity (Wildman–Crippen MR) is 71.9 cm³/mol. The lowest BCUT2D eigenvalue weighted by Gasteiger charge is -2.24. The number of rotatable bonds is 5. The third kappa shape index (κ3) is 3.67. The molecule has 1 atom stereocenters. The Labute approximate surface area is 112 Å². The second-order valence-corrected chi connectivity index (χ2v) is 4.99. The Hall–Kier alpha value is -1.62. The number of halogens is 1. The van der Waals surface area contributed by atoms with Crippen LogP contribution in [0.15, 0.2) is 24.3 Å². The van der Waals surface area contributed by atoms with Gasteiger partial charge in [-0.15, -0.1) is 0 Å². The Balaban J connectivity index is 1.90. The van der Waals surface area contributed by atoms with E-state index >= 15 is 0 Å². The van der Waals surface area contributed by atoms with E-state index in [1.54, 1.807) is 12.1 Å². The highest BCUT2D eigenvalue weighted by molar-refractivity contribution is 5.66. The number of nitrogens with zero attached hydrogens (tertiary/aromatic N) is 2. The van der Waals surface area contributed by atoms with Gasteiger partial charge in [0.25, 0.3) is 0 Å². The Bertz CT molecular complexity index is 453. The van der Waals surface area contributed by atoms with Crippen LogP contribution in [-0.2, 0) is 4.79 Å². The van der Waals surface area contributed by atoms with Gasteiger partial charge in [0.15, 0.2) is 0 Å². The van der Waals surface area contributed by atoms with Gasteiger partial charge in [-0.25, -0.2) is 4.39 Å². The summed E-state index contributed by atoms with van der Waals surface area (Å²) in [6.07, 6.45) is 1.14. The number of likely N-dealkylation sites (N-methyl/N-ethyl adjacent to an activating group) is 1. The molecule has 1 aromatic carbocycles. The van der Waals surface area contributed by atoms with Crippen molar-refractivity contribution in [3.63, 3.8) is 0 Å². The van der Waals surface area contributed by atoms with Crippen molar-refractivity contribution < 1.29 is 14.3 Å². The molecule has 0 saturated carbocycles. The minimum atomic E-state index is -0.771. The van der Waals surface area contributed by atoms with E-state index in [-0.39, 0.29) is 12.2 Å². The SMILES string of the molecule is CN(CCC(=O)O)C1CCN(c2cccc(F)c2)C1. The van der Waals surface area contributed by atoms with Crippen LogP contribution < -0.4 is 4.90 Å². The van der Waals surface area contributed by atoms with Crippen molar-refractivity contribution in [2.24, 2.45) is 0 Å². The van der Waals surface area contributed by atoms with Gasteiger partial charge < -0.3 is 14.9 Å². The fraction of sp³-hybridized carbons (Fsp3) is 0.500. The van der Waals surface area contributed by atoms with Gasteiger partial charge in [-0.05, 0) is 31.7 Å². The maximum Gasteiger partial charge on any atom is 0.304 e. The number of anilines is 1.